The van der Waals surface area contributed by atoms with Crippen LogP contribution in [0.4, 0.5) is 4.39 Å². The number of hydrogen-bond acceptors (Lipinski definition) is 3. The molecule has 0 aliphatic carbocycles. The van der Waals surface area contributed by atoms with Crippen molar-refractivity contribution < 1.29 is 9.18 Å². The first-order chi connectivity index (χ1) is 9.61. The molecule has 0 unspecified atom stereocenters. The molecule has 2 rings (SSSR count). The summed E-state index contributed by atoms with van der Waals surface area (Å²) >= 11 is 0. The lowest BCUT2D eigenvalue weighted by Crippen LogP contribution is -2.26. The molecule has 1 heterocycles. The van der Waals surface area contributed by atoms with E-state index in [-0.39, 0.29) is 11.5 Å². The summed E-state index contributed by atoms with van der Waals surface area (Å²) in [6.07, 6.45) is 1.60. The van der Waals surface area contributed by atoms with Crippen molar-refractivity contribution in [3.63, 3.8) is 0 Å². The Bertz CT molecular complexity index is 682. The van der Waals surface area contributed by atoms with Gasteiger partial charge in [0, 0.05) is 18.0 Å². The number of hydrogen-bond donors (Lipinski definition) is 3. The van der Waals surface area contributed by atoms with Gasteiger partial charge in [0.25, 0.3) is 5.91 Å². The number of nitrogens with two attached hydrogens (primary N) is 1. The summed E-state index contributed by atoms with van der Waals surface area (Å²) in [4.78, 5) is 26.1. The van der Waals surface area contributed by atoms with E-state index < -0.39 is 11.4 Å². The summed E-state index contributed by atoms with van der Waals surface area (Å²) in [5.74, 6) is -0.807. The van der Waals surface area contributed by atoms with Gasteiger partial charge in [0.1, 0.15) is 5.82 Å². The van der Waals surface area contributed by atoms with Gasteiger partial charge in [0.15, 0.2) is 0 Å². The molecule has 5 nitrogen and oxygen atoms in total. The predicted molar refractivity (Wildman–Crippen MR) is 75.1 cm³/mol. The fourth-order valence-electron chi connectivity index (χ4n) is 1.99. The highest BCUT2D eigenvalue weighted by Crippen LogP contribution is 2.16. The van der Waals surface area contributed by atoms with Crippen molar-refractivity contribution in [3.05, 3.63) is 46.0 Å². The van der Waals surface area contributed by atoms with Crippen LogP contribution >= 0.6 is 0 Å². The van der Waals surface area contributed by atoms with Gasteiger partial charge in [0.05, 0.1) is 11.1 Å². The molecule has 1 aromatic carbocycles. The SMILES string of the molecule is NCCCCNC(=O)c1cc(=O)[nH]c2cc(F)ccc12. The van der Waals surface area contributed by atoms with Gasteiger partial charge < -0.3 is 16.0 Å². The molecule has 1 aromatic heterocycles. The molecule has 20 heavy (non-hydrogen) atoms. The number of aromatic nitrogens is 1. The Morgan fingerprint density at radius 3 is 2.85 bits per heavy atom. The zero-order chi connectivity index (χ0) is 14.5. The van der Waals surface area contributed by atoms with Crippen LogP contribution in [0.15, 0.2) is 29.1 Å². The van der Waals surface area contributed by atoms with Crippen molar-refractivity contribution in [2.75, 3.05) is 13.1 Å². The number of unbranched alkanes of at least 4 members (excludes halogenated alkanes) is 1. The van der Waals surface area contributed by atoms with Crippen LogP contribution in [-0.2, 0) is 0 Å². The maximum atomic E-state index is 13.2. The second kappa shape index (κ2) is 6.29. The zero-order valence-corrected chi connectivity index (χ0v) is 10.9. The maximum absolute atomic E-state index is 13.2. The van der Waals surface area contributed by atoms with E-state index in [0.717, 1.165) is 12.8 Å². The van der Waals surface area contributed by atoms with Gasteiger partial charge >= 0.3 is 0 Å². The van der Waals surface area contributed by atoms with Crippen LogP contribution in [0, 0.1) is 5.82 Å². The van der Waals surface area contributed by atoms with E-state index in [1.807, 2.05) is 0 Å². The molecule has 0 bridgehead atoms. The standard InChI is InChI=1S/C14H16FN3O2/c15-9-3-4-10-11(8-13(19)18-12(10)7-9)14(20)17-6-2-1-5-16/h3-4,7-8H,1-2,5-6,16H2,(H,17,20)(H,18,19). The second-order valence-corrected chi connectivity index (χ2v) is 4.49. The van der Waals surface area contributed by atoms with E-state index >= 15 is 0 Å². The maximum Gasteiger partial charge on any atom is 0.252 e. The molecule has 2 aromatic rings. The number of H-pyrrole nitrogens is 1. The lowest BCUT2D eigenvalue weighted by molar-refractivity contribution is 0.0954. The number of aromatic amines is 1. The van der Waals surface area contributed by atoms with E-state index in [0.29, 0.717) is 24.0 Å². The van der Waals surface area contributed by atoms with Gasteiger partial charge in [-0.1, -0.05) is 0 Å². The van der Waals surface area contributed by atoms with Crippen LogP contribution in [0.3, 0.4) is 0 Å². The summed E-state index contributed by atoms with van der Waals surface area (Å²) in [5, 5.41) is 3.24. The highest BCUT2D eigenvalue weighted by atomic mass is 19.1. The number of amides is 1. The van der Waals surface area contributed by atoms with Gasteiger partial charge in [-0.3, -0.25) is 9.59 Å². The molecule has 0 aliphatic rings. The normalized spacial score (nSPS) is 10.7. The number of carbonyl (C=O) groups excluding carboxylic acids is 1. The average Bonchev–Trinajstić information content (AvgIpc) is 2.42. The molecule has 0 fully saturated rings. The van der Waals surface area contributed by atoms with Crippen molar-refractivity contribution >= 4 is 16.8 Å². The van der Waals surface area contributed by atoms with E-state index in [9.17, 15) is 14.0 Å². The van der Waals surface area contributed by atoms with E-state index in [1.54, 1.807) is 0 Å². The number of rotatable bonds is 5. The fraction of sp³-hybridized carbons (Fsp3) is 0.286. The summed E-state index contributed by atoms with van der Waals surface area (Å²) in [5.41, 5.74) is 5.49. The van der Waals surface area contributed by atoms with Gasteiger partial charge in [0.2, 0.25) is 5.56 Å². The lowest BCUT2D eigenvalue weighted by atomic mass is 10.1. The number of benzene rings is 1. The Balaban J connectivity index is 2.29. The van der Waals surface area contributed by atoms with Gasteiger partial charge in [-0.25, -0.2) is 4.39 Å². The van der Waals surface area contributed by atoms with Crippen LogP contribution < -0.4 is 16.6 Å². The van der Waals surface area contributed by atoms with Crippen molar-refractivity contribution in [1.82, 2.24) is 10.3 Å². The average molecular weight is 277 g/mol. The molecular weight excluding hydrogens is 261 g/mol. The first-order valence-electron chi connectivity index (χ1n) is 6.42. The smallest absolute Gasteiger partial charge is 0.252 e. The molecule has 0 atom stereocenters. The Labute approximate surface area is 115 Å². The third kappa shape index (κ3) is 3.21. The van der Waals surface area contributed by atoms with Crippen molar-refractivity contribution in [1.29, 1.82) is 0 Å². The highest BCUT2D eigenvalue weighted by molar-refractivity contribution is 6.05. The summed E-state index contributed by atoms with van der Waals surface area (Å²) in [7, 11) is 0. The summed E-state index contributed by atoms with van der Waals surface area (Å²) in [6.45, 7) is 1.06. The Kier molecular flexibility index (Phi) is 4.47. The number of fused-ring (bicyclic) bond motifs is 1. The Morgan fingerprint density at radius 1 is 1.30 bits per heavy atom. The highest BCUT2D eigenvalue weighted by Gasteiger charge is 2.11. The minimum atomic E-state index is -0.464. The van der Waals surface area contributed by atoms with Gasteiger partial charge in [-0.15, -0.1) is 0 Å². The number of carbonyl (C=O) groups is 1. The van der Waals surface area contributed by atoms with Gasteiger partial charge in [-0.05, 0) is 37.6 Å². The number of halogens is 1. The minimum absolute atomic E-state index is 0.247. The van der Waals surface area contributed by atoms with Crippen LogP contribution in [0.1, 0.15) is 23.2 Å². The molecule has 6 heteroatoms. The zero-order valence-electron chi connectivity index (χ0n) is 10.9. The Morgan fingerprint density at radius 2 is 2.10 bits per heavy atom. The minimum Gasteiger partial charge on any atom is -0.352 e. The third-order valence-corrected chi connectivity index (χ3v) is 2.97. The van der Waals surface area contributed by atoms with Crippen molar-refractivity contribution in [2.24, 2.45) is 5.73 Å². The molecule has 0 saturated carbocycles. The van der Waals surface area contributed by atoms with Crippen LogP contribution in [0.25, 0.3) is 10.9 Å². The molecule has 0 saturated heterocycles. The molecular formula is C14H16FN3O2. The van der Waals surface area contributed by atoms with Crippen LogP contribution in [0.2, 0.25) is 0 Å². The number of pyridine rings is 1. The molecule has 4 N–H and O–H groups in total. The lowest BCUT2D eigenvalue weighted by Gasteiger charge is -2.07. The monoisotopic (exact) mass is 277 g/mol. The molecule has 0 spiro atoms. The van der Waals surface area contributed by atoms with Crippen molar-refractivity contribution in [3.8, 4) is 0 Å². The summed E-state index contributed by atoms with van der Waals surface area (Å²) in [6, 6.07) is 5.15. The molecule has 0 aliphatic heterocycles. The largest absolute Gasteiger partial charge is 0.352 e. The topological polar surface area (TPSA) is 88.0 Å². The number of nitrogens with one attached hydrogen (secondary N) is 2. The van der Waals surface area contributed by atoms with Crippen molar-refractivity contribution in [2.45, 2.75) is 12.8 Å². The van der Waals surface area contributed by atoms with E-state index in [1.165, 1.54) is 24.3 Å². The molecule has 0 radical (unpaired) electrons. The van der Waals surface area contributed by atoms with Crippen LogP contribution in [0.5, 0.6) is 0 Å². The quantitative estimate of drug-likeness (QED) is 0.716. The first-order valence-corrected chi connectivity index (χ1v) is 6.42. The molecule has 106 valence electrons. The van der Waals surface area contributed by atoms with E-state index in [2.05, 4.69) is 10.3 Å². The third-order valence-electron chi connectivity index (χ3n) is 2.97. The van der Waals surface area contributed by atoms with Crippen LogP contribution in [-0.4, -0.2) is 24.0 Å². The summed E-state index contributed by atoms with van der Waals surface area (Å²) < 4.78 is 13.2. The van der Waals surface area contributed by atoms with E-state index in [4.69, 9.17) is 5.73 Å². The molecule has 1 amide bonds. The second-order valence-electron chi connectivity index (χ2n) is 4.49. The fourth-order valence-corrected chi connectivity index (χ4v) is 1.99. The Hall–Kier alpha value is -2.21. The van der Waals surface area contributed by atoms with Gasteiger partial charge in [-0.2, -0.15) is 0 Å². The predicted octanol–water partition coefficient (Wildman–Crippen LogP) is 1.14. The first kappa shape index (κ1) is 14.2.